The summed E-state index contributed by atoms with van der Waals surface area (Å²) in [7, 11) is 1.61. The first kappa shape index (κ1) is 17.0. The molecule has 2 rings (SSSR count). The first-order valence-corrected chi connectivity index (χ1v) is 7.74. The van der Waals surface area contributed by atoms with E-state index in [1.165, 1.54) is 6.07 Å². The molecule has 0 aliphatic rings. The van der Waals surface area contributed by atoms with Crippen molar-refractivity contribution in [2.75, 3.05) is 7.05 Å². The third kappa shape index (κ3) is 4.31. The number of amides is 1. The van der Waals surface area contributed by atoms with Crippen molar-refractivity contribution in [2.24, 2.45) is 0 Å². The molecule has 0 aromatic heterocycles. The number of likely N-dealkylation sites (N-methyl/N-ethyl adjacent to an activating group) is 1. The van der Waals surface area contributed by atoms with Gasteiger partial charge in [0.05, 0.1) is 6.42 Å². The third-order valence-electron chi connectivity index (χ3n) is 3.91. The molecular formula is C19H22FNO2. The molecule has 0 heterocycles. The van der Waals surface area contributed by atoms with Gasteiger partial charge in [0.1, 0.15) is 6.61 Å². The van der Waals surface area contributed by atoms with Crippen LogP contribution in [0.5, 0.6) is 5.75 Å². The number of benzene rings is 2. The minimum atomic E-state index is -0.356. The summed E-state index contributed by atoms with van der Waals surface area (Å²) in [5, 5.41) is 2.62. The Balaban J connectivity index is 2.18. The SMILES string of the molecule is CCc1ccc(OCc2c(C)cccc2CC(=O)NC)c(F)c1. The van der Waals surface area contributed by atoms with Crippen LogP contribution in [-0.2, 0) is 24.2 Å². The molecule has 4 heteroatoms. The number of hydrogen-bond donors (Lipinski definition) is 1. The second-order valence-electron chi connectivity index (χ2n) is 5.47. The largest absolute Gasteiger partial charge is 0.486 e. The van der Waals surface area contributed by atoms with Crippen LogP contribution in [0, 0.1) is 12.7 Å². The van der Waals surface area contributed by atoms with Crippen LogP contribution in [0.4, 0.5) is 4.39 Å². The molecule has 2 aromatic carbocycles. The molecule has 3 nitrogen and oxygen atoms in total. The molecule has 0 saturated heterocycles. The minimum Gasteiger partial charge on any atom is -0.486 e. The van der Waals surface area contributed by atoms with Crippen LogP contribution in [0.15, 0.2) is 36.4 Å². The van der Waals surface area contributed by atoms with E-state index in [0.29, 0.717) is 0 Å². The summed E-state index contributed by atoms with van der Waals surface area (Å²) in [5.74, 6) is -0.183. The number of carbonyl (C=O) groups excluding carboxylic acids is 1. The highest BCUT2D eigenvalue weighted by Crippen LogP contribution is 2.22. The fraction of sp³-hybridized carbons (Fsp3) is 0.316. The Morgan fingerprint density at radius 2 is 2.04 bits per heavy atom. The zero-order chi connectivity index (χ0) is 16.8. The Labute approximate surface area is 136 Å². The first-order valence-electron chi connectivity index (χ1n) is 7.74. The van der Waals surface area contributed by atoms with E-state index in [4.69, 9.17) is 4.74 Å². The molecule has 0 atom stereocenters. The van der Waals surface area contributed by atoms with Crippen LogP contribution in [0.2, 0.25) is 0 Å². The molecule has 0 radical (unpaired) electrons. The Morgan fingerprint density at radius 1 is 1.26 bits per heavy atom. The van der Waals surface area contributed by atoms with Crippen molar-refractivity contribution in [2.45, 2.75) is 33.3 Å². The van der Waals surface area contributed by atoms with Gasteiger partial charge < -0.3 is 10.1 Å². The number of halogens is 1. The van der Waals surface area contributed by atoms with E-state index >= 15 is 0 Å². The lowest BCUT2D eigenvalue weighted by Crippen LogP contribution is -2.21. The zero-order valence-electron chi connectivity index (χ0n) is 13.8. The molecule has 0 saturated carbocycles. The summed E-state index contributed by atoms with van der Waals surface area (Å²) in [5.41, 5.74) is 3.79. The highest BCUT2D eigenvalue weighted by molar-refractivity contribution is 5.78. The summed E-state index contributed by atoms with van der Waals surface area (Å²) < 4.78 is 19.7. The van der Waals surface area contributed by atoms with Gasteiger partial charge >= 0.3 is 0 Å². The number of hydrogen-bond acceptors (Lipinski definition) is 2. The van der Waals surface area contributed by atoms with Crippen molar-refractivity contribution in [3.05, 3.63) is 64.5 Å². The van der Waals surface area contributed by atoms with E-state index in [9.17, 15) is 9.18 Å². The average molecular weight is 315 g/mol. The van der Waals surface area contributed by atoms with Gasteiger partial charge in [-0.05, 0) is 47.7 Å². The second-order valence-corrected chi connectivity index (χ2v) is 5.47. The predicted octanol–water partition coefficient (Wildman–Crippen LogP) is 3.56. The van der Waals surface area contributed by atoms with Crippen LogP contribution in [0.3, 0.4) is 0 Å². The minimum absolute atomic E-state index is 0.0599. The summed E-state index contributed by atoms with van der Waals surface area (Å²) >= 11 is 0. The van der Waals surface area contributed by atoms with Crippen molar-refractivity contribution < 1.29 is 13.9 Å². The highest BCUT2D eigenvalue weighted by Gasteiger charge is 2.11. The smallest absolute Gasteiger partial charge is 0.224 e. The molecule has 122 valence electrons. The first-order chi connectivity index (χ1) is 11.0. The van der Waals surface area contributed by atoms with Gasteiger partial charge in [-0.3, -0.25) is 4.79 Å². The van der Waals surface area contributed by atoms with Crippen LogP contribution < -0.4 is 10.1 Å². The van der Waals surface area contributed by atoms with Gasteiger partial charge in [-0.15, -0.1) is 0 Å². The summed E-state index contributed by atoms with van der Waals surface area (Å²) in [4.78, 5) is 11.6. The lowest BCUT2D eigenvalue weighted by molar-refractivity contribution is -0.119. The van der Waals surface area contributed by atoms with Crippen molar-refractivity contribution in [3.8, 4) is 5.75 Å². The lowest BCUT2D eigenvalue weighted by Gasteiger charge is -2.14. The maximum absolute atomic E-state index is 14.0. The van der Waals surface area contributed by atoms with E-state index in [2.05, 4.69) is 5.32 Å². The van der Waals surface area contributed by atoms with Crippen LogP contribution in [0.25, 0.3) is 0 Å². The van der Waals surface area contributed by atoms with Gasteiger partial charge in [0.15, 0.2) is 11.6 Å². The van der Waals surface area contributed by atoms with Crippen molar-refractivity contribution >= 4 is 5.91 Å². The number of ether oxygens (including phenoxy) is 1. The Hall–Kier alpha value is -2.36. The predicted molar refractivity (Wildman–Crippen MR) is 89.1 cm³/mol. The Kier molecular flexibility index (Phi) is 5.74. The molecule has 1 amide bonds. The van der Waals surface area contributed by atoms with Crippen molar-refractivity contribution in [3.63, 3.8) is 0 Å². The molecule has 0 unspecified atom stereocenters. The maximum Gasteiger partial charge on any atom is 0.224 e. The van der Waals surface area contributed by atoms with Gasteiger partial charge in [0.25, 0.3) is 0 Å². The van der Waals surface area contributed by atoms with Crippen LogP contribution >= 0.6 is 0 Å². The summed E-state index contributed by atoms with van der Waals surface area (Å²) in [6, 6.07) is 10.8. The number of aryl methyl sites for hydroxylation is 2. The summed E-state index contributed by atoms with van der Waals surface area (Å²) in [6.45, 7) is 4.18. The molecule has 1 N–H and O–H groups in total. The normalized spacial score (nSPS) is 10.4. The zero-order valence-corrected chi connectivity index (χ0v) is 13.8. The standard InChI is InChI=1S/C19H22FNO2/c1-4-14-8-9-18(17(20)10-14)23-12-16-13(2)6-5-7-15(16)11-19(22)21-3/h5-10H,4,11-12H2,1-3H3,(H,21,22). The van der Waals surface area contributed by atoms with E-state index in [1.54, 1.807) is 13.1 Å². The van der Waals surface area contributed by atoms with Crippen molar-refractivity contribution in [1.29, 1.82) is 0 Å². The third-order valence-corrected chi connectivity index (χ3v) is 3.91. The monoisotopic (exact) mass is 315 g/mol. The second kappa shape index (κ2) is 7.77. The fourth-order valence-electron chi connectivity index (χ4n) is 2.43. The van der Waals surface area contributed by atoms with E-state index in [1.807, 2.05) is 38.1 Å². The lowest BCUT2D eigenvalue weighted by atomic mass is 10.00. The molecule has 0 aliphatic carbocycles. The van der Waals surface area contributed by atoms with Crippen molar-refractivity contribution in [1.82, 2.24) is 5.32 Å². The van der Waals surface area contributed by atoms with Gasteiger partial charge in [-0.1, -0.05) is 31.2 Å². The fourth-order valence-corrected chi connectivity index (χ4v) is 2.43. The molecule has 0 bridgehead atoms. The Bertz CT molecular complexity index is 698. The van der Waals surface area contributed by atoms with Gasteiger partial charge in [-0.2, -0.15) is 0 Å². The molecule has 0 aliphatic heterocycles. The number of nitrogens with one attached hydrogen (secondary N) is 1. The van der Waals surface area contributed by atoms with Crippen LogP contribution in [0.1, 0.15) is 29.2 Å². The number of carbonyl (C=O) groups is 1. The van der Waals surface area contributed by atoms with Gasteiger partial charge in [-0.25, -0.2) is 4.39 Å². The average Bonchev–Trinajstić information content (AvgIpc) is 2.55. The molecule has 23 heavy (non-hydrogen) atoms. The van der Waals surface area contributed by atoms with Crippen LogP contribution in [-0.4, -0.2) is 13.0 Å². The maximum atomic E-state index is 14.0. The molecule has 2 aromatic rings. The van der Waals surface area contributed by atoms with E-state index < -0.39 is 0 Å². The topological polar surface area (TPSA) is 38.3 Å². The van der Waals surface area contributed by atoms with E-state index in [0.717, 1.165) is 28.7 Å². The molecular weight excluding hydrogens is 293 g/mol. The summed E-state index contributed by atoms with van der Waals surface area (Å²) in [6.07, 6.45) is 1.07. The molecule has 0 spiro atoms. The highest BCUT2D eigenvalue weighted by atomic mass is 19.1. The van der Waals surface area contributed by atoms with Gasteiger partial charge in [0, 0.05) is 7.05 Å². The molecule has 0 fully saturated rings. The quantitative estimate of drug-likeness (QED) is 0.885. The Morgan fingerprint density at radius 3 is 2.70 bits per heavy atom. The van der Waals surface area contributed by atoms with E-state index in [-0.39, 0.29) is 30.5 Å². The number of rotatable bonds is 6. The van der Waals surface area contributed by atoms with Gasteiger partial charge in [0.2, 0.25) is 5.91 Å².